The number of benzene rings is 2. The van der Waals surface area contributed by atoms with Gasteiger partial charge in [-0.15, -0.1) is 0 Å². The molecule has 0 aromatic heterocycles. The van der Waals surface area contributed by atoms with Crippen molar-refractivity contribution in [2.24, 2.45) is 0 Å². The summed E-state index contributed by atoms with van der Waals surface area (Å²) >= 11 is 0. The van der Waals surface area contributed by atoms with Gasteiger partial charge in [-0.25, -0.2) is 8.42 Å². The van der Waals surface area contributed by atoms with Crippen LogP contribution in [0.5, 0.6) is 0 Å². The monoisotopic (exact) mass is 487 g/mol. The van der Waals surface area contributed by atoms with E-state index in [0.29, 0.717) is 25.1 Å². The van der Waals surface area contributed by atoms with Crippen molar-refractivity contribution in [2.45, 2.75) is 59.0 Å². The highest BCUT2D eigenvalue weighted by molar-refractivity contribution is 7.92. The summed E-state index contributed by atoms with van der Waals surface area (Å²) in [6.07, 6.45) is 2.85. The smallest absolute Gasteiger partial charge is 0.244 e. The number of carbonyl (C=O) groups is 2. The zero-order chi connectivity index (χ0) is 25.3. The first kappa shape index (κ1) is 27.4. The Morgan fingerprint density at radius 3 is 2.15 bits per heavy atom. The Morgan fingerprint density at radius 1 is 0.971 bits per heavy atom. The van der Waals surface area contributed by atoms with Crippen molar-refractivity contribution in [1.29, 1.82) is 0 Å². The molecule has 8 heteroatoms. The van der Waals surface area contributed by atoms with Crippen molar-refractivity contribution in [3.63, 3.8) is 0 Å². The van der Waals surface area contributed by atoms with Crippen LogP contribution >= 0.6 is 0 Å². The molecular weight excluding hydrogens is 450 g/mol. The molecule has 186 valence electrons. The van der Waals surface area contributed by atoms with Crippen molar-refractivity contribution >= 4 is 27.5 Å². The van der Waals surface area contributed by atoms with E-state index in [4.69, 9.17) is 0 Å². The fourth-order valence-corrected chi connectivity index (χ4v) is 4.68. The molecule has 0 saturated heterocycles. The second-order valence-corrected chi connectivity index (χ2v) is 10.5. The maximum atomic E-state index is 13.6. The molecule has 0 heterocycles. The Hall–Kier alpha value is -2.87. The Kier molecular flexibility index (Phi) is 10.1. The van der Waals surface area contributed by atoms with Crippen LogP contribution in [0.25, 0.3) is 0 Å². The highest BCUT2D eigenvalue weighted by atomic mass is 32.2. The molecule has 7 nitrogen and oxygen atoms in total. The van der Waals surface area contributed by atoms with E-state index in [9.17, 15) is 18.0 Å². The van der Waals surface area contributed by atoms with Crippen LogP contribution in [0.15, 0.2) is 54.6 Å². The first-order valence-electron chi connectivity index (χ1n) is 11.8. The minimum atomic E-state index is -3.73. The number of anilines is 1. The van der Waals surface area contributed by atoms with Crippen LogP contribution < -0.4 is 9.62 Å². The summed E-state index contributed by atoms with van der Waals surface area (Å²) < 4.78 is 26.4. The fraction of sp³-hybridized carbons (Fsp3) is 0.462. The summed E-state index contributed by atoms with van der Waals surface area (Å²) in [5.74, 6) is -0.629. The van der Waals surface area contributed by atoms with Gasteiger partial charge in [-0.3, -0.25) is 13.9 Å². The van der Waals surface area contributed by atoms with E-state index in [1.165, 1.54) is 4.90 Å². The zero-order valence-corrected chi connectivity index (χ0v) is 21.6. The Bertz CT molecular complexity index is 1060. The van der Waals surface area contributed by atoms with E-state index in [2.05, 4.69) is 5.32 Å². The molecule has 2 rings (SSSR count). The van der Waals surface area contributed by atoms with Crippen molar-refractivity contribution in [1.82, 2.24) is 10.2 Å². The van der Waals surface area contributed by atoms with Gasteiger partial charge in [-0.1, -0.05) is 62.4 Å². The number of rotatable bonds is 12. The summed E-state index contributed by atoms with van der Waals surface area (Å²) in [5, 5.41) is 2.97. The number of carbonyl (C=O) groups excluding carboxylic acids is 2. The lowest BCUT2D eigenvalue weighted by Gasteiger charge is -2.33. The lowest BCUT2D eigenvalue weighted by molar-refractivity contribution is -0.139. The summed E-state index contributed by atoms with van der Waals surface area (Å²) in [6, 6.07) is 16.1. The van der Waals surface area contributed by atoms with Gasteiger partial charge in [0.05, 0.1) is 11.9 Å². The van der Waals surface area contributed by atoms with E-state index in [1.807, 2.05) is 57.2 Å². The standard InChI is InChI=1S/C26H37N3O4S/c1-6-21(4)27-26(31)23(7-2)28(18-17-22-14-9-8-10-15-22)25(30)19-29(34(5,32)33)24-16-12-11-13-20(24)3/h8-16,21,23H,6-7,17-19H2,1-5H3,(H,27,31). The molecule has 0 aliphatic carbocycles. The topological polar surface area (TPSA) is 86.8 Å². The molecule has 0 radical (unpaired) electrons. The van der Waals surface area contributed by atoms with Crippen molar-refractivity contribution < 1.29 is 18.0 Å². The number of aryl methyl sites for hydroxylation is 1. The molecule has 0 aliphatic heterocycles. The number of nitrogens with zero attached hydrogens (tertiary/aromatic N) is 2. The zero-order valence-electron chi connectivity index (χ0n) is 20.8. The van der Waals surface area contributed by atoms with Crippen molar-refractivity contribution in [3.05, 3.63) is 65.7 Å². The molecule has 2 aromatic carbocycles. The van der Waals surface area contributed by atoms with Gasteiger partial charge in [0.1, 0.15) is 12.6 Å². The van der Waals surface area contributed by atoms with Gasteiger partial charge in [0.2, 0.25) is 21.8 Å². The molecule has 1 N–H and O–H groups in total. The predicted octanol–water partition coefficient (Wildman–Crippen LogP) is 3.53. The van der Waals surface area contributed by atoms with Crippen LogP contribution in [0, 0.1) is 6.92 Å². The van der Waals surface area contributed by atoms with Crippen LogP contribution in [-0.4, -0.2) is 56.6 Å². The highest BCUT2D eigenvalue weighted by Crippen LogP contribution is 2.22. The van der Waals surface area contributed by atoms with Gasteiger partial charge in [-0.2, -0.15) is 0 Å². The van der Waals surface area contributed by atoms with E-state index in [-0.39, 0.29) is 18.5 Å². The molecule has 34 heavy (non-hydrogen) atoms. The number of hydrogen-bond donors (Lipinski definition) is 1. The van der Waals surface area contributed by atoms with E-state index >= 15 is 0 Å². The van der Waals surface area contributed by atoms with Crippen LogP contribution in [0.2, 0.25) is 0 Å². The molecule has 2 aromatic rings. The van der Waals surface area contributed by atoms with Crippen LogP contribution in [-0.2, 0) is 26.0 Å². The van der Waals surface area contributed by atoms with Crippen LogP contribution in [0.1, 0.15) is 44.7 Å². The summed E-state index contributed by atoms with van der Waals surface area (Å²) in [4.78, 5) is 28.2. The maximum absolute atomic E-state index is 13.6. The van der Waals surface area contributed by atoms with Crippen molar-refractivity contribution in [2.75, 3.05) is 23.7 Å². The molecule has 2 unspecified atom stereocenters. The highest BCUT2D eigenvalue weighted by Gasteiger charge is 2.32. The largest absolute Gasteiger partial charge is 0.352 e. The van der Waals surface area contributed by atoms with Gasteiger partial charge < -0.3 is 10.2 Å². The van der Waals surface area contributed by atoms with E-state index < -0.39 is 22.0 Å². The van der Waals surface area contributed by atoms with Crippen molar-refractivity contribution in [3.8, 4) is 0 Å². The minimum Gasteiger partial charge on any atom is -0.352 e. The molecule has 0 aliphatic rings. The molecule has 2 atom stereocenters. The number of sulfonamides is 1. The molecule has 0 bridgehead atoms. The third-order valence-electron chi connectivity index (χ3n) is 5.93. The van der Waals surface area contributed by atoms with Gasteiger partial charge in [0.25, 0.3) is 0 Å². The molecule has 0 spiro atoms. The second kappa shape index (κ2) is 12.6. The van der Waals surface area contributed by atoms with Gasteiger partial charge in [0.15, 0.2) is 0 Å². The summed E-state index contributed by atoms with van der Waals surface area (Å²) in [7, 11) is -3.73. The van der Waals surface area contributed by atoms with E-state index in [0.717, 1.165) is 28.1 Å². The lowest BCUT2D eigenvalue weighted by Crippen LogP contribution is -2.54. The van der Waals surface area contributed by atoms with E-state index in [1.54, 1.807) is 25.1 Å². The first-order chi connectivity index (χ1) is 16.1. The minimum absolute atomic E-state index is 0.0212. The third-order valence-corrected chi connectivity index (χ3v) is 7.06. The predicted molar refractivity (Wildman–Crippen MR) is 137 cm³/mol. The Balaban J connectivity index is 2.37. The number of amides is 2. The molecule has 0 saturated carbocycles. The van der Waals surface area contributed by atoms with Gasteiger partial charge >= 0.3 is 0 Å². The van der Waals surface area contributed by atoms with Crippen LogP contribution in [0.4, 0.5) is 5.69 Å². The quantitative estimate of drug-likeness (QED) is 0.496. The Morgan fingerprint density at radius 2 is 1.59 bits per heavy atom. The second-order valence-electron chi connectivity index (χ2n) is 8.62. The number of hydrogen-bond acceptors (Lipinski definition) is 4. The maximum Gasteiger partial charge on any atom is 0.244 e. The summed E-state index contributed by atoms with van der Waals surface area (Å²) in [5.41, 5.74) is 2.24. The van der Waals surface area contributed by atoms with Gasteiger partial charge in [-0.05, 0) is 50.3 Å². The average molecular weight is 488 g/mol. The fourth-order valence-electron chi connectivity index (χ4n) is 3.78. The third kappa shape index (κ3) is 7.58. The SMILES string of the molecule is CCC(C)NC(=O)C(CC)N(CCc1ccccc1)C(=O)CN(c1ccccc1C)S(C)(=O)=O. The average Bonchev–Trinajstić information content (AvgIpc) is 2.80. The summed E-state index contributed by atoms with van der Waals surface area (Å²) in [6.45, 7) is 7.51. The van der Waals surface area contributed by atoms with Gasteiger partial charge in [0, 0.05) is 12.6 Å². The molecule has 2 amide bonds. The number of para-hydroxylation sites is 1. The first-order valence-corrected chi connectivity index (χ1v) is 13.6. The molecule has 0 fully saturated rings. The molecular formula is C26H37N3O4S. The van der Waals surface area contributed by atoms with Crippen LogP contribution in [0.3, 0.4) is 0 Å². The Labute approximate surface area is 204 Å². The lowest BCUT2D eigenvalue weighted by atomic mass is 10.1. The normalized spacial score (nSPS) is 13.1. The number of nitrogens with one attached hydrogen (secondary N) is 1.